The Morgan fingerprint density at radius 3 is 2.31 bits per heavy atom. The fraction of sp³-hybridized carbons (Fsp3) is 0.571. The van der Waals surface area contributed by atoms with Crippen molar-refractivity contribution in [2.45, 2.75) is 46.6 Å². The van der Waals surface area contributed by atoms with Gasteiger partial charge in [-0.25, -0.2) is 0 Å². The molecule has 0 fully saturated rings. The molecule has 1 aromatic rings. The number of rotatable bonds is 13. The largest absolute Gasteiger partial charge is 0.493 e. The molecular weight excluding hydrogens is 374 g/mol. The number of amides is 3. The summed E-state index contributed by atoms with van der Waals surface area (Å²) in [6.45, 7) is 7.89. The minimum atomic E-state index is -0.203. The molecule has 0 aliphatic carbocycles. The molecule has 3 amide bonds. The summed E-state index contributed by atoms with van der Waals surface area (Å²) in [4.78, 5) is 37.3. The van der Waals surface area contributed by atoms with E-state index in [-0.39, 0.29) is 24.3 Å². The molecule has 0 bridgehead atoms. The Morgan fingerprint density at radius 1 is 0.966 bits per heavy atom. The highest BCUT2D eigenvalue weighted by molar-refractivity contribution is 5.79. The van der Waals surface area contributed by atoms with Crippen molar-refractivity contribution >= 4 is 17.7 Å². The highest BCUT2D eigenvalue weighted by Crippen LogP contribution is 2.28. The molecule has 1 rings (SSSR count). The highest BCUT2D eigenvalue weighted by atomic mass is 16.5. The summed E-state index contributed by atoms with van der Waals surface area (Å²) < 4.78 is 10.8. The molecule has 0 aliphatic rings. The molecule has 0 heterocycles. The Labute approximate surface area is 172 Å². The summed E-state index contributed by atoms with van der Waals surface area (Å²) in [6.07, 6.45) is 1.20. The number of ether oxygens (including phenoxy) is 2. The Kier molecular flexibility index (Phi) is 11.2. The van der Waals surface area contributed by atoms with E-state index < -0.39 is 0 Å². The maximum Gasteiger partial charge on any atom is 0.257 e. The molecule has 0 spiro atoms. The van der Waals surface area contributed by atoms with Crippen LogP contribution >= 0.6 is 0 Å². The number of hydrogen-bond donors (Lipinski definition) is 2. The molecule has 0 saturated heterocycles. The number of hydrogen-bond acceptors (Lipinski definition) is 5. The van der Waals surface area contributed by atoms with Gasteiger partial charge in [-0.3, -0.25) is 14.4 Å². The van der Waals surface area contributed by atoms with Crippen LogP contribution < -0.4 is 20.1 Å². The van der Waals surface area contributed by atoms with Gasteiger partial charge in [0.2, 0.25) is 11.8 Å². The molecule has 0 atom stereocenters. The van der Waals surface area contributed by atoms with E-state index >= 15 is 0 Å². The molecule has 8 nitrogen and oxygen atoms in total. The second-order valence-corrected chi connectivity index (χ2v) is 6.42. The fourth-order valence-electron chi connectivity index (χ4n) is 2.76. The van der Waals surface area contributed by atoms with Crippen LogP contribution in [0.1, 0.15) is 45.6 Å². The van der Waals surface area contributed by atoms with Gasteiger partial charge in [-0.05, 0) is 44.9 Å². The van der Waals surface area contributed by atoms with Gasteiger partial charge < -0.3 is 25.0 Å². The first-order valence-electron chi connectivity index (χ1n) is 10.1. The SMILES string of the molecule is CCNC(=O)COc1ccc(CNC(=O)CCCC(=O)N(CC)CC)cc1OC. The van der Waals surface area contributed by atoms with Crippen LogP contribution in [-0.4, -0.2) is 56.0 Å². The predicted octanol–water partition coefficient (Wildman–Crippen LogP) is 1.87. The Bertz CT molecular complexity index is 674. The Balaban J connectivity index is 2.46. The van der Waals surface area contributed by atoms with Crippen molar-refractivity contribution in [3.05, 3.63) is 23.8 Å². The molecule has 162 valence electrons. The third-order valence-electron chi connectivity index (χ3n) is 4.36. The average Bonchev–Trinajstić information content (AvgIpc) is 2.72. The number of methoxy groups -OCH3 is 1. The zero-order valence-electron chi connectivity index (χ0n) is 17.9. The molecular formula is C21H33N3O5. The first-order valence-corrected chi connectivity index (χ1v) is 10.1. The van der Waals surface area contributed by atoms with Crippen molar-refractivity contribution in [1.29, 1.82) is 0 Å². The van der Waals surface area contributed by atoms with Gasteiger partial charge in [-0.15, -0.1) is 0 Å². The Hall–Kier alpha value is -2.77. The van der Waals surface area contributed by atoms with Crippen LogP contribution in [0.4, 0.5) is 0 Å². The van der Waals surface area contributed by atoms with E-state index in [1.807, 2.05) is 20.8 Å². The third-order valence-corrected chi connectivity index (χ3v) is 4.36. The lowest BCUT2D eigenvalue weighted by molar-refractivity contribution is -0.131. The van der Waals surface area contributed by atoms with Gasteiger partial charge in [0.25, 0.3) is 5.91 Å². The second-order valence-electron chi connectivity index (χ2n) is 6.42. The molecule has 1 aromatic carbocycles. The number of nitrogens with one attached hydrogen (secondary N) is 2. The molecule has 0 saturated carbocycles. The van der Waals surface area contributed by atoms with Crippen molar-refractivity contribution in [1.82, 2.24) is 15.5 Å². The van der Waals surface area contributed by atoms with Crippen LogP contribution in [0.2, 0.25) is 0 Å². The second kappa shape index (κ2) is 13.4. The van der Waals surface area contributed by atoms with Gasteiger partial charge in [-0.1, -0.05) is 6.07 Å². The van der Waals surface area contributed by atoms with E-state index in [2.05, 4.69) is 10.6 Å². The van der Waals surface area contributed by atoms with E-state index in [0.29, 0.717) is 56.9 Å². The lowest BCUT2D eigenvalue weighted by atomic mass is 10.2. The summed E-state index contributed by atoms with van der Waals surface area (Å²) in [7, 11) is 1.52. The first kappa shape index (κ1) is 24.3. The number of likely N-dealkylation sites (N-methyl/N-ethyl adjacent to an activating group) is 1. The fourth-order valence-corrected chi connectivity index (χ4v) is 2.76. The maximum atomic E-state index is 12.0. The molecule has 0 unspecified atom stereocenters. The molecule has 0 aromatic heterocycles. The molecule has 0 radical (unpaired) electrons. The first-order chi connectivity index (χ1) is 13.9. The van der Waals surface area contributed by atoms with Crippen LogP contribution in [0.15, 0.2) is 18.2 Å². The lowest BCUT2D eigenvalue weighted by Crippen LogP contribution is -2.30. The number of carbonyl (C=O) groups excluding carboxylic acids is 3. The quantitative estimate of drug-likeness (QED) is 0.520. The molecule has 8 heteroatoms. The van der Waals surface area contributed by atoms with Gasteiger partial charge in [-0.2, -0.15) is 0 Å². The topological polar surface area (TPSA) is 97.0 Å². The monoisotopic (exact) mass is 407 g/mol. The van der Waals surface area contributed by atoms with E-state index in [1.165, 1.54) is 7.11 Å². The molecule has 29 heavy (non-hydrogen) atoms. The van der Waals surface area contributed by atoms with E-state index in [0.717, 1.165) is 5.56 Å². The zero-order valence-corrected chi connectivity index (χ0v) is 17.9. The van der Waals surface area contributed by atoms with Gasteiger partial charge in [0.05, 0.1) is 7.11 Å². The molecule has 2 N–H and O–H groups in total. The van der Waals surface area contributed by atoms with Gasteiger partial charge in [0.15, 0.2) is 18.1 Å². The number of carbonyl (C=O) groups is 3. The van der Waals surface area contributed by atoms with Crippen molar-refractivity contribution in [3.8, 4) is 11.5 Å². The van der Waals surface area contributed by atoms with Crippen LogP contribution in [0.3, 0.4) is 0 Å². The highest BCUT2D eigenvalue weighted by Gasteiger charge is 2.11. The van der Waals surface area contributed by atoms with Crippen molar-refractivity contribution < 1.29 is 23.9 Å². The zero-order chi connectivity index (χ0) is 21.6. The average molecular weight is 408 g/mol. The van der Waals surface area contributed by atoms with E-state index in [4.69, 9.17) is 9.47 Å². The summed E-state index contributed by atoms with van der Waals surface area (Å²) in [5.74, 6) is 0.726. The number of nitrogens with zero attached hydrogens (tertiary/aromatic N) is 1. The van der Waals surface area contributed by atoms with E-state index in [1.54, 1.807) is 23.1 Å². The van der Waals surface area contributed by atoms with E-state index in [9.17, 15) is 14.4 Å². The van der Waals surface area contributed by atoms with Gasteiger partial charge >= 0.3 is 0 Å². The third kappa shape index (κ3) is 8.85. The summed E-state index contributed by atoms with van der Waals surface area (Å²) in [5.41, 5.74) is 0.847. The van der Waals surface area contributed by atoms with Crippen LogP contribution in [0.25, 0.3) is 0 Å². The minimum absolute atomic E-state index is 0.0794. The summed E-state index contributed by atoms with van der Waals surface area (Å²) >= 11 is 0. The van der Waals surface area contributed by atoms with Crippen molar-refractivity contribution in [2.75, 3.05) is 33.4 Å². The standard InChI is InChI=1S/C21H33N3O5/c1-5-22-20(26)15-29-17-12-11-16(13-18(17)28-4)14-23-19(25)9-8-10-21(27)24(6-2)7-3/h11-13H,5-10,14-15H2,1-4H3,(H,22,26)(H,23,25). The normalized spacial score (nSPS) is 10.2. The van der Waals surface area contributed by atoms with Crippen LogP contribution in [0.5, 0.6) is 11.5 Å². The van der Waals surface area contributed by atoms with Crippen molar-refractivity contribution in [2.24, 2.45) is 0 Å². The summed E-state index contributed by atoms with van der Waals surface area (Å²) in [6, 6.07) is 5.28. The summed E-state index contributed by atoms with van der Waals surface area (Å²) in [5, 5.41) is 5.50. The molecule has 0 aliphatic heterocycles. The minimum Gasteiger partial charge on any atom is -0.493 e. The van der Waals surface area contributed by atoms with Crippen molar-refractivity contribution in [3.63, 3.8) is 0 Å². The maximum absolute atomic E-state index is 12.0. The van der Waals surface area contributed by atoms with Gasteiger partial charge in [0, 0.05) is 39.0 Å². The smallest absolute Gasteiger partial charge is 0.257 e. The van der Waals surface area contributed by atoms with Gasteiger partial charge in [0.1, 0.15) is 0 Å². The van der Waals surface area contributed by atoms with Crippen LogP contribution in [0, 0.1) is 0 Å². The Morgan fingerprint density at radius 2 is 1.69 bits per heavy atom. The lowest BCUT2D eigenvalue weighted by Gasteiger charge is -2.18. The number of benzene rings is 1. The predicted molar refractivity (Wildman–Crippen MR) is 111 cm³/mol. The van der Waals surface area contributed by atoms with Crippen LogP contribution in [-0.2, 0) is 20.9 Å².